The largest absolute Gasteiger partial charge is 0.316 e. The summed E-state index contributed by atoms with van der Waals surface area (Å²) in [5.74, 6) is 0.810. The van der Waals surface area contributed by atoms with Crippen LogP contribution in [0.4, 0.5) is 0 Å². The van der Waals surface area contributed by atoms with Crippen molar-refractivity contribution in [2.45, 2.75) is 64.2 Å². The average molecular weight is 245 g/mol. The van der Waals surface area contributed by atoms with Crippen LogP contribution in [0.2, 0.25) is 0 Å². The molecule has 0 saturated heterocycles. The average Bonchev–Trinajstić information content (AvgIpc) is 2.25. The van der Waals surface area contributed by atoms with E-state index < -0.39 is 10.8 Å². The molecular weight excluding hydrogens is 218 g/mol. The maximum Gasteiger partial charge on any atom is 0.0396 e. The van der Waals surface area contributed by atoms with Gasteiger partial charge in [0, 0.05) is 27.8 Å². The molecule has 0 bridgehead atoms. The topological polar surface area (TPSA) is 29.1 Å². The molecule has 0 radical (unpaired) electrons. The fourth-order valence-corrected chi connectivity index (χ4v) is 4.52. The molecule has 1 fully saturated rings. The lowest BCUT2D eigenvalue weighted by Crippen LogP contribution is -2.43. The van der Waals surface area contributed by atoms with Crippen molar-refractivity contribution in [1.82, 2.24) is 5.32 Å². The highest BCUT2D eigenvalue weighted by Crippen LogP contribution is 2.25. The van der Waals surface area contributed by atoms with Gasteiger partial charge in [-0.2, -0.15) is 0 Å². The summed E-state index contributed by atoms with van der Waals surface area (Å²) < 4.78 is 12.3. The Kier molecular flexibility index (Phi) is 5.45. The zero-order chi connectivity index (χ0) is 12.2. The third-order valence-corrected chi connectivity index (χ3v) is 5.53. The fourth-order valence-electron chi connectivity index (χ4n) is 2.39. The minimum Gasteiger partial charge on any atom is -0.316 e. The summed E-state index contributed by atoms with van der Waals surface area (Å²) in [6, 6.07) is 0.357. The summed E-state index contributed by atoms with van der Waals surface area (Å²) in [5, 5.41) is 3.78. The van der Waals surface area contributed by atoms with Crippen molar-refractivity contribution in [2.75, 3.05) is 12.8 Å². The second-order valence-corrected chi connectivity index (χ2v) is 7.78. The van der Waals surface area contributed by atoms with E-state index in [2.05, 4.69) is 26.1 Å². The van der Waals surface area contributed by atoms with E-state index in [-0.39, 0.29) is 5.41 Å². The van der Waals surface area contributed by atoms with Gasteiger partial charge in [0.1, 0.15) is 0 Å². The van der Waals surface area contributed by atoms with E-state index in [1.165, 1.54) is 32.1 Å². The molecule has 2 unspecified atom stereocenters. The van der Waals surface area contributed by atoms with Gasteiger partial charge >= 0.3 is 0 Å². The van der Waals surface area contributed by atoms with E-state index in [0.717, 1.165) is 5.75 Å². The highest BCUT2D eigenvalue weighted by molar-refractivity contribution is 7.85. The van der Waals surface area contributed by atoms with Crippen molar-refractivity contribution in [2.24, 2.45) is 5.41 Å². The lowest BCUT2D eigenvalue weighted by Gasteiger charge is -2.32. The first kappa shape index (κ1) is 14.2. The summed E-state index contributed by atoms with van der Waals surface area (Å²) in [6.45, 7) is 6.64. The molecule has 0 aromatic heterocycles. The van der Waals surface area contributed by atoms with E-state index in [4.69, 9.17) is 0 Å². The summed E-state index contributed by atoms with van der Waals surface area (Å²) in [7, 11) is 1.33. The predicted molar refractivity (Wildman–Crippen MR) is 72.2 cm³/mol. The van der Waals surface area contributed by atoms with Crippen LogP contribution >= 0.6 is 0 Å². The van der Waals surface area contributed by atoms with Crippen molar-refractivity contribution in [3.63, 3.8) is 0 Å². The van der Waals surface area contributed by atoms with Crippen LogP contribution in [0.25, 0.3) is 0 Å². The summed E-state index contributed by atoms with van der Waals surface area (Å²) >= 11 is 0. The van der Waals surface area contributed by atoms with Crippen molar-refractivity contribution in [3.8, 4) is 0 Å². The SMILES string of the molecule is CNC(CS(=O)C1CCCCC1)C(C)(C)C. The van der Waals surface area contributed by atoms with Crippen LogP contribution in [0.1, 0.15) is 52.9 Å². The van der Waals surface area contributed by atoms with Gasteiger partial charge in [-0.3, -0.25) is 4.21 Å². The first-order valence-electron chi connectivity index (χ1n) is 6.49. The van der Waals surface area contributed by atoms with E-state index in [0.29, 0.717) is 11.3 Å². The Bertz CT molecular complexity index is 229. The van der Waals surface area contributed by atoms with Crippen molar-refractivity contribution in [3.05, 3.63) is 0 Å². The van der Waals surface area contributed by atoms with Crippen LogP contribution < -0.4 is 5.32 Å². The Morgan fingerprint density at radius 1 is 1.25 bits per heavy atom. The van der Waals surface area contributed by atoms with E-state index in [1.807, 2.05) is 7.05 Å². The molecule has 0 amide bonds. The summed E-state index contributed by atoms with van der Waals surface area (Å²) in [5.41, 5.74) is 0.194. The number of hydrogen-bond donors (Lipinski definition) is 1. The van der Waals surface area contributed by atoms with Gasteiger partial charge in [0.2, 0.25) is 0 Å². The van der Waals surface area contributed by atoms with Gasteiger partial charge < -0.3 is 5.32 Å². The van der Waals surface area contributed by atoms with E-state index in [9.17, 15) is 4.21 Å². The third kappa shape index (κ3) is 4.17. The highest BCUT2D eigenvalue weighted by Gasteiger charge is 2.28. The molecule has 1 N–H and O–H groups in total. The maximum absolute atomic E-state index is 12.3. The van der Waals surface area contributed by atoms with Crippen molar-refractivity contribution >= 4 is 10.8 Å². The first-order chi connectivity index (χ1) is 7.45. The lowest BCUT2D eigenvalue weighted by molar-refractivity contribution is 0.303. The van der Waals surface area contributed by atoms with Crippen LogP contribution in [0.15, 0.2) is 0 Å². The second-order valence-electron chi connectivity index (χ2n) is 6.01. The van der Waals surface area contributed by atoms with Gasteiger partial charge in [-0.25, -0.2) is 0 Å². The molecule has 1 saturated carbocycles. The smallest absolute Gasteiger partial charge is 0.0396 e. The van der Waals surface area contributed by atoms with Gasteiger partial charge in [-0.05, 0) is 25.3 Å². The molecule has 2 atom stereocenters. The molecule has 16 heavy (non-hydrogen) atoms. The molecule has 0 heterocycles. The van der Waals surface area contributed by atoms with Gasteiger partial charge in [-0.15, -0.1) is 0 Å². The Labute approximate surface area is 103 Å². The minimum atomic E-state index is -0.645. The minimum absolute atomic E-state index is 0.194. The normalized spacial score (nSPS) is 23.0. The second kappa shape index (κ2) is 6.15. The predicted octanol–water partition coefficient (Wildman–Crippen LogP) is 2.70. The van der Waals surface area contributed by atoms with Gasteiger partial charge in [0.25, 0.3) is 0 Å². The maximum atomic E-state index is 12.3. The Balaban J connectivity index is 2.48. The van der Waals surface area contributed by atoms with Crippen LogP contribution in [-0.4, -0.2) is 28.3 Å². The quantitative estimate of drug-likeness (QED) is 0.825. The summed E-state index contributed by atoms with van der Waals surface area (Å²) in [4.78, 5) is 0. The zero-order valence-electron chi connectivity index (χ0n) is 11.2. The molecule has 1 rings (SSSR count). The highest BCUT2D eigenvalue weighted by atomic mass is 32.2. The lowest BCUT2D eigenvalue weighted by atomic mass is 9.88. The van der Waals surface area contributed by atoms with Crippen molar-refractivity contribution in [1.29, 1.82) is 0 Å². The number of hydrogen-bond acceptors (Lipinski definition) is 2. The standard InChI is InChI=1S/C13H27NOS/c1-13(2,3)12(14-4)10-16(15)11-8-6-5-7-9-11/h11-12,14H,5-10H2,1-4H3. The van der Waals surface area contributed by atoms with Gasteiger partial charge in [0.05, 0.1) is 0 Å². The molecule has 0 aliphatic heterocycles. The van der Waals surface area contributed by atoms with E-state index in [1.54, 1.807) is 0 Å². The molecule has 0 aromatic carbocycles. The van der Waals surface area contributed by atoms with Crippen LogP contribution in [0.3, 0.4) is 0 Å². The number of nitrogens with one attached hydrogen (secondary N) is 1. The van der Waals surface area contributed by atoms with Crippen LogP contribution in [0.5, 0.6) is 0 Å². The Morgan fingerprint density at radius 2 is 1.81 bits per heavy atom. The molecule has 96 valence electrons. The summed E-state index contributed by atoms with van der Waals surface area (Å²) in [6.07, 6.45) is 6.23. The molecule has 3 heteroatoms. The van der Waals surface area contributed by atoms with E-state index >= 15 is 0 Å². The molecule has 0 aromatic rings. The molecular formula is C13H27NOS. The first-order valence-corrected chi connectivity index (χ1v) is 7.88. The molecule has 1 aliphatic carbocycles. The Hall–Kier alpha value is 0.110. The number of rotatable bonds is 4. The van der Waals surface area contributed by atoms with Crippen LogP contribution in [-0.2, 0) is 10.8 Å². The molecule has 0 spiro atoms. The fraction of sp³-hybridized carbons (Fsp3) is 1.00. The van der Waals surface area contributed by atoms with Gasteiger partial charge in [0.15, 0.2) is 0 Å². The van der Waals surface area contributed by atoms with Crippen LogP contribution in [0, 0.1) is 5.41 Å². The van der Waals surface area contributed by atoms with Gasteiger partial charge in [-0.1, -0.05) is 40.0 Å². The Morgan fingerprint density at radius 3 is 2.25 bits per heavy atom. The monoisotopic (exact) mass is 245 g/mol. The molecule has 1 aliphatic rings. The third-order valence-electron chi connectivity index (χ3n) is 3.65. The zero-order valence-corrected chi connectivity index (χ0v) is 12.0. The van der Waals surface area contributed by atoms with Crippen molar-refractivity contribution < 1.29 is 4.21 Å². The molecule has 2 nitrogen and oxygen atoms in total.